The SMILES string of the molecule is Cc1noc(C)c1C(=O)OCC(=O)c1ccc(C(C)C)cc1. The van der Waals surface area contributed by atoms with Crippen molar-refractivity contribution in [2.75, 3.05) is 6.61 Å². The van der Waals surface area contributed by atoms with Gasteiger partial charge in [-0.25, -0.2) is 4.79 Å². The maximum absolute atomic E-state index is 12.1. The molecule has 0 bridgehead atoms. The fourth-order valence-corrected chi connectivity index (χ4v) is 2.11. The second kappa shape index (κ2) is 6.56. The van der Waals surface area contributed by atoms with Crippen LogP contribution in [0.4, 0.5) is 0 Å². The van der Waals surface area contributed by atoms with E-state index in [4.69, 9.17) is 9.26 Å². The highest BCUT2D eigenvalue weighted by Gasteiger charge is 2.20. The van der Waals surface area contributed by atoms with Crippen molar-refractivity contribution >= 4 is 11.8 Å². The van der Waals surface area contributed by atoms with Gasteiger partial charge in [-0.1, -0.05) is 43.3 Å². The Balaban J connectivity index is 1.99. The second-order valence-corrected chi connectivity index (χ2v) is 5.48. The van der Waals surface area contributed by atoms with Gasteiger partial charge in [0.25, 0.3) is 0 Å². The molecule has 0 amide bonds. The molecule has 0 radical (unpaired) electrons. The lowest BCUT2D eigenvalue weighted by Crippen LogP contribution is -2.15. The minimum absolute atomic E-state index is 0.240. The van der Waals surface area contributed by atoms with E-state index in [9.17, 15) is 9.59 Å². The van der Waals surface area contributed by atoms with Crippen LogP contribution in [0.5, 0.6) is 0 Å². The molecule has 1 aromatic carbocycles. The molecule has 22 heavy (non-hydrogen) atoms. The topological polar surface area (TPSA) is 69.4 Å². The Morgan fingerprint density at radius 1 is 1.18 bits per heavy atom. The fourth-order valence-electron chi connectivity index (χ4n) is 2.11. The molecule has 0 unspecified atom stereocenters. The van der Waals surface area contributed by atoms with Gasteiger partial charge in [-0.05, 0) is 25.3 Å². The first-order chi connectivity index (χ1) is 10.4. The van der Waals surface area contributed by atoms with Crippen molar-refractivity contribution in [1.82, 2.24) is 5.16 Å². The number of ketones is 1. The van der Waals surface area contributed by atoms with E-state index >= 15 is 0 Å². The summed E-state index contributed by atoms with van der Waals surface area (Å²) in [4.78, 5) is 24.0. The third-order valence-electron chi connectivity index (χ3n) is 3.47. The maximum atomic E-state index is 12.1. The summed E-state index contributed by atoms with van der Waals surface area (Å²) < 4.78 is 9.96. The molecule has 0 aliphatic rings. The summed E-state index contributed by atoms with van der Waals surface area (Å²) in [5.74, 6) is -0.0448. The van der Waals surface area contributed by atoms with E-state index in [2.05, 4.69) is 19.0 Å². The third kappa shape index (κ3) is 3.42. The van der Waals surface area contributed by atoms with Crippen molar-refractivity contribution in [1.29, 1.82) is 0 Å². The van der Waals surface area contributed by atoms with Gasteiger partial charge in [-0.3, -0.25) is 4.79 Å². The zero-order chi connectivity index (χ0) is 16.3. The highest BCUT2D eigenvalue weighted by atomic mass is 16.5. The summed E-state index contributed by atoms with van der Waals surface area (Å²) in [5, 5.41) is 3.69. The predicted octanol–water partition coefficient (Wildman–Crippen LogP) is 3.45. The molecule has 0 saturated carbocycles. The Hall–Kier alpha value is -2.43. The number of ether oxygens (including phenoxy) is 1. The van der Waals surface area contributed by atoms with E-state index in [0.717, 1.165) is 5.56 Å². The molecule has 116 valence electrons. The number of carbonyl (C=O) groups is 2. The lowest BCUT2D eigenvalue weighted by atomic mass is 10.0. The number of carbonyl (C=O) groups excluding carboxylic acids is 2. The highest BCUT2D eigenvalue weighted by molar-refractivity contribution is 5.99. The van der Waals surface area contributed by atoms with Crippen molar-refractivity contribution in [3.8, 4) is 0 Å². The summed E-state index contributed by atoms with van der Waals surface area (Å²) in [5.41, 5.74) is 2.42. The molecule has 0 saturated heterocycles. The normalized spacial score (nSPS) is 10.8. The molecule has 0 atom stereocenters. The fraction of sp³-hybridized carbons (Fsp3) is 0.353. The van der Waals surface area contributed by atoms with E-state index < -0.39 is 5.97 Å². The number of hydrogen-bond donors (Lipinski definition) is 0. The Kier molecular flexibility index (Phi) is 4.75. The van der Waals surface area contributed by atoms with Gasteiger partial charge in [0.2, 0.25) is 0 Å². The van der Waals surface area contributed by atoms with E-state index in [1.807, 2.05) is 12.1 Å². The van der Waals surface area contributed by atoms with Gasteiger partial charge < -0.3 is 9.26 Å². The molecule has 0 aliphatic carbocycles. The smallest absolute Gasteiger partial charge is 0.344 e. The van der Waals surface area contributed by atoms with Gasteiger partial charge in [-0.2, -0.15) is 0 Å². The van der Waals surface area contributed by atoms with Gasteiger partial charge in [0.05, 0.1) is 5.69 Å². The van der Waals surface area contributed by atoms with Crippen LogP contribution in [0.2, 0.25) is 0 Å². The summed E-state index contributed by atoms with van der Waals surface area (Å²) in [6, 6.07) is 7.32. The molecule has 2 rings (SSSR count). The van der Waals surface area contributed by atoms with Crippen molar-refractivity contribution in [2.24, 2.45) is 0 Å². The van der Waals surface area contributed by atoms with Crippen molar-refractivity contribution in [3.05, 3.63) is 52.4 Å². The average Bonchev–Trinajstić information content (AvgIpc) is 2.83. The van der Waals surface area contributed by atoms with Crippen LogP contribution in [0.15, 0.2) is 28.8 Å². The zero-order valence-electron chi connectivity index (χ0n) is 13.2. The van der Waals surface area contributed by atoms with Crippen LogP contribution >= 0.6 is 0 Å². The monoisotopic (exact) mass is 301 g/mol. The van der Waals surface area contributed by atoms with Crippen LogP contribution in [0.1, 0.15) is 57.5 Å². The Morgan fingerprint density at radius 2 is 1.82 bits per heavy atom. The molecule has 0 spiro atoms. The first-order valence-corrected chi connectivity index (χ1v) is 7.13. The van der Waals surface area contributed by atoms with Crippen molar-refractivity contribution < 1.29 is 18.8 Å². The Morgan fingerprint density at radius 3 is 2.32 bits per heavy atom. The van der Waals surface area contributed by atoms with Gasteiger partial charge in [0.15, 0.2) is 12.4 Å². The first-order valence-electron chi connectivity index (χ1n) is 7.13. The van der Waals surface area contributed by atoms with Crippen LogP contribution in [0, 0.1) is 13.8 Å². The van der Waals surface area contributed by atoms with Crippen molar-refractivity contribution in [2.45, 2.75) is 33.6 Å². The Labute approximate surface area is 129 Å². The largest absolute Gasteiger partial charge is 0.454 e. The summed E-state index contributed by atoms with van der Waals surface area (Å²) in [6.45, 7) is 7.15. The van der Waals surface area contributed by atoms with Crippen LogP contribution in [-0.4, -0.2) is 23.5 Å². The second-order valence-electron chi connectivity index (χ2n) is 5.48. The number of esters is 1. The van der Waals surface area contributed by atoms with Gasteiger partial charge in [0.1, 0.15) is 11.3 Å². The van der Waals surface area contributed by atoms with Gasteiger partial charge >= 0.3 is 5.97 Å². The standard InChI is InChI=1S/C17H19NO4/c1-10(2)13-5-7-14(8-6-13)15(19)9-21-17(20)16-11(3)18-22-12(16)4/h5-8,10H,9H2,1-4H3. The van der Waals surface area contributed by atoms with Crippen LogP contribution < -0.4 is 0 Å². The number of Topliss-reactive ketones (excluding diaryl/α,β-unsaturated/α-hetero) is 1. The Bertz CT molecular complexity index is 664. The minimum atomic E-state index is -0.594. The molecular formula is C17H19NO4. The quantitative estimate of drug-likeness (QED) is 0.625. The molecule has 0 N–H and O–H groups in total. The van der Waals surface area contributed by atoms with Crippen molar-refractivity contribution in [3.63, 3.8) is 0 Å². The molecule has 1 heterocycles. The number of hydrogen-bond acceptors (Lipinski definition) is 5. The van der Waals surface area contributed by atoms with Crippen LogP contribution in [-0.2, 0) is 4.74 Å². The van der Waals surface area contributed by atoms with Gasteiger partial charge in [0, 0.05) is 5.56 Å². The summed E-state index contributed by atoms with van der Waals surface area (Å²) >= 11 is 0. The van der Waals surface area contributed by atoms with Crippen LogP contribution in [0.25, 0.3) is 0 Å². The molecule has 0 fully saturated rings. The first kappa shape index (κ1) is 15.9. The summed E-state index contributed by atoms with van der Waals surface area (Å²) in [7, 11) is 0. The van der Waals surface area contributed by atoms with E-state index in [1.54, 1.807) is 26.0 Å². The molecule has 2 aromatic rings. The average molecular weight is 301 g/mol. The number of aryl methyl sites for hydroxylation is 2. The van der Waals surface area contributed by atoms with Gasteiger partial charge in [-0.15, -0.1) is 0 Å². The lowest BCUT2D eigenvalue weighted by molar-refractivity contribution is 0.0472. The maximum Gasteiger partial charge on any atom is 0.344 e. The highest BCUT2D eigenvalue weighted by Crippen LogP contribution is 2.16. The molecule has 1 aromatic heterocycles. The minimum Gasteiger partial charge on any atom is -0.454 e. The number of rotatable bonds is 5. The van der Waals surface area contributed by atoms with E-state index in [0.29, 0.717) is 22.9 Å². The third-order valence-corrected chi connectivity index (χ3v) is 3.47. The number of benzene rings is 1. The van der Waals surface area contributed by atoms with E-state index in [-0.39, 0.29) is 18.0 Å². The number of aromatic nitrogens is 1. The number of nitrogens with zero attached hydrogens (tertiary/aromatic N) is 1. The molecule has 0 aliphatic heterocycles. The van der Waals surface area contributed by atoms with E-state index in [1.165, 1.54) is 0 Å². The molecule has 5 heteroatoms. The molecular weight excluding hydrogens is 282 g/mol. The van der Waals surface area contributed by atoms with Crippen LogP contribution in [0.3, 0.4) is 0 Å². The molecule has 5 nitrogen and oxygen atoms in total. The lowest BCUT2D eigenvalue weighted by Gasteiger charge is -2.07. The predicted molar refractivity (Wildman–Crippen MR) is 81.1 cm³/mol. The summed E-state index contributed by atoms with van der Waals surface area (Å²) in [6.07, 6.45) is 0. The zero-order valence-corrected chi connectivity index (χ0v) is 13.2.